The summed E-state index contributed by atoms with van der Waals surface area (Å²) in [5.41, 5.74) is 1.72. The van der Waals surface area contributed by atoms with Gasteiger partial charge < -0.3 is 9.15 Å². The van der Waals surface area contributed by atoms with Crippen LogP contribution in [0.5, 0.6) is 5.75 Å². The molecule has 0 fully saturated rings. The summed E-state index contributed by atoms with van der Waals surface area (Å²) in [6.07, 6.45) is 10.3. The lowest BCUT2D eigenvalue weighted by atomic mass is 9.99. The number of hydrogen-bond donors (Lipinski definition) is 0. The summed E-state index contributed by atoms with van der Waals surface area (Å²) in [4.78, 5) is 12.9. The average molecular weight is 530 g/mol. The first-order chi connectivity index (χ1) is 18.3. The maximum absolute atomic E-state index is 13.2. The number of ether oxygens (including phenoxy) is 1. The minimum atomic E-state index is -4.87. The Morgan fingerprint density at radius 3 is 2.03 bits per heavy atom. The zero-order valence-corrected chi connectivity index (χ0v) is 22.5. The summed E-state index contributed by atoms with van der Waals surface area (Å²) in [5, 5.41) is 0.663. The minimum Gasteiger partial charge on any atom is -0.422 e. The van der Waals surface area contributed by atoms with Crippen LogP contribution in [0.4, 0.5) is 13.2 Å². The highest BCUT2D eigenvalue weighted by molar-refractivity contribution is 5.83. The molecule has 0 saturated heterocycles. The van der Waals surface area contributed by atoms with Gasteiger partial charge in [-0.25, -0.2) is 4.79 Å². The molecular weight excluding hydrogens is 489 g/mol. The SMILES string of the molecule is [CH2]CCCCCCCCCCc1ccc2cc(-c3ccc(CCCCC)cc3OC(F)(F)F)c(=O)oc2c1. The smallest absolute Gasteiger partial charge is 0.422 e. The normalized spacial score (nSPS) is 11.8. The van der Waals surface area contributed by atoms with Gasteiger partial charge in [-0.2, -0.15) is 0 Å². The fourth-order valence-electron chi connectivity index (χ4n) is 4.80. The van der Waals surface area contributed by atoms with Crippen molar-refractivity contribution in [3.05, 3.63) is 70.9 Å². The monoisotopic (exact) mass is 529 g/mol. The van der Waals surface area contributed by atoms with Crippen molar-refractivity contribution in [2.45, 2.75) is 103 Å². The van der Waals surface area contributed by atoms with Gasteiger partial charge in [-0.1, -0.05) is 102 Å². The van der Waals surface area contributed by atoms with Crippen LogP contribution in [-0.4, -0.2) is 6.36 Å². The second-order valence-corrected chi connectivity index (χ2v) is 10.1. The Morgan fingerprint density at radius 1 is 0.763 bits per heavy atom. The highest BCUT2D eigenvalue weighted by Gasteiger charge is 2.32. The molecule has 0 N–H and O–H groups in total. The van der Waals surface area contributed by atoms with Crippen LogP contribution in [0.25, 0.3) is 22.1 Å². The molecule has 0 saturated carbocycles. The number of benzene rings is 2. The van der Waals surface area contributed by atoms with E-state index in [2.05, 4.69) is 18.6 Å². The minimum absolute atomic E-state index is 0.0554. The van der Waals surface area contributed by atoms with Crippen molar-refractivity contribution < 1.29 is 22.3 Å². The third kappa shape index (κ3) is 9.52. The van der Waals surface area contributed by atoms with Gasteiger partial charge in [-0.15, -0.1) is 13.2 Å². The standard InChI is InChI=1S/C32H40F3O3/c1-3-5-7-8-9-10-11-12-14-16-24-17-19-26-23-28(31(36)37-29(26)21-24)27-20-18-25(15-13-6-4-2)22-30(27)38-32(33,34)35/h17-23H,1,3-16H2,2H3. The van der Waals surface area contributed by atoms with E-state index in [0.29, 0.717) is 17.4 Å². The third-order valence-corrected chi connectivity index (χ3v) is 6.90. The van der Waals surface area contributed by atoms with E-state index in [9.17, 15) is 18.0 Å². The second-order valence-electron chi connectivity index (χ2n) is 10.1. The molecule has 3 rings (SSSR count). The summed E-state index contributed by atoms with van der Waals surface area (Å²) in [7, 11) is 0. The van der Waals surface area contributed by atoms with Gasteiger partial charge in [0.25, 0.3) is 0 Å². The molecule has 2 aromatic carbocycles. The van der Waals surface area contributed by atoms with Gasteiger partial charge in [-0.05, 0) is 55.0 Å². The molecular formula is C32H40F3O3. The van der Waals surface area contributed by atoms with Crippen molar-refractivity contribution in [2.75, 3.05) is 0 Å². The quantitative estimate of drug-likeness (QED) is 0.137. The van der Waals surface area contributed by atoms with Crippen molar-refractivity contribution in [3.63, 3.8) is 0 Å². The number of fused-ring (bicyclic) bond motifs is 1. The molecule has 0 aliphatic heterocycles. The Labute approximate surface area is 224 Å². The fraction of sp³-hybridized carbons (Fsp3) is 0.500. The van der Waals surface area contributed by atoms with E-state index in [1.165, 1.54) is 50.7 Å². The fourth-order valence-corrected chi connectivity index (χ4v) is 4.80. The molecule has 38 heavy (non-hydrogen) atoms. The van der Waals surface area contributed by atoms with Crippen molar-refractivity contribution in [3.8, 4) is 16.9 Å². The molecule has 1 radical (unpaired) electrons. The van der Waals surface area contributed by atoms with Crippen LogP contribution in [0.3, 0.4) is 0 Å². The van der Waals surface area contributed by atoms with E-state index in [4.69, 9.17) is 4.42 Å². The molecule has 207 valence electrons. The molecule has 0 atom stereocenters. The summed E-state index contributed by atoms with van der Waals surface area (Å²) in [5.74, 6) is -0.378. The molecule has 0 aliphatic carbocycles. The molecule has 1 aromatic heterocycles. The van der Waals surface area contributed by atoms with E-state index in [0.717, 1.165) is 56.1 Å². The van der Waals surface area contributed by atoms with Gasteiger partial charge >= 0.3 is 12.0 Å². The first-order valence-corrected chi connectivity index (χ1v) is 14.1. The molecule has 3 nitrogen and oxygen atoms in total. The Balaban J connectivity index is 1.71. The van der Waals surface area contributed by atoms with Crippen molar-refractivity contribution in [1.82, 2.24) is 0 Å². The molecule has 0 amide bonds. The van der Waals surface area contributed by atoms with E-state index >= 15 is 0 Å². The molecule has 6 heteroatoms. The van der Waals surface area contributed by atoms with Crippen molar-refractivity contribution >= 4 is 11.0 Å². The Hall–Kier alpha value is -2.76. The zero-order valence-electron chi connectivity index (χ0n) is 22.5. The van der Waals surface area contributed by atoms with E-state index in [1.54, 1.807) is 12.1 Å². The number of aryl methyl sites for hydroxylation is 2. The summed E-state index contributed by atoms with van der Waals surface area (Å²) >= 11 is 0. The van der Waals surface area contributed by atoms with Crippen LogP contribution < -0.4 is 10.4 Å². The van der Waals surface area contributed by atoms with Crippen LogP contribution in [0.2, 0.25) is 0 Å². The summed E-state index contributed by atoms with van der Waals surface area (Å²) in [6.45, 7) is 5.94. The van der Waals surface area contributed by atoms with Gasteiger partial charge in [-0.3, -0.25) is 0 Å². The van der Waals surface area contributed by atoms with Gasteiger partial charge in [0, 0.05) is 10.9 Å². The number of unbranched alkanes of at least 4 members (excludes halogenated alkanes) is 10. The predicted octanol–water partition coefficient (Wildman–Crippen LogP) is 9.98. The Kier molecular flexibility index (Phi) is 11.8. The Morgan fingerprint density at radius 2 is 1.37 bits per heavy atom. The van der Waals surface area contributed by atoms with Gasteiger partial charge in [0.15, 0.2) is 0 Å². The lowest BCUT2D eigenvalue weighted by Crippen LogP contribution is -2.18. The van der Waals surface area contributed by atoms with Crippen LogP contribution in [-0.2, 0) is 12.8 Å². The second kappa shape index (κ2) is 15.0. The van der Waals surface area contributed by atoms with E-state index in [-0.39, 0.29) is 16.9 Å². The maximum Gasteiger partial charge on any atom is 0.573 e. The summed E-state index contributed by atoms with van der Waals surface area (Å²) in [6, 6.07) is 12.0. The summed E-state index contributed by atoms with van der Waals surface area (Å²) < 4.78 is 49.5. The molecule has 1 heterocycles. The van der Waals surface area contributed by atoms with Crippen LogP contribution >= 0.6 is 0 Å². The predicted molar refractivity (Wildman–Crippen MR) is 148 cm³/mol. The van der Waals surface area contributed by atoms with Crippen LogP contribution in [0, 0.1) is 6.92 Å². The van der Waals surface area contributed by atoms with Crippen LogP contribution in [0.1, 0.15) is 95.1 Å². The van der Waals surface area contributed by atoms with E-state index < -0.39 is 12.0 Å². The number of hydrogen-bond acceptors (Lipinski definition) is 3. The first-order valence-electron chi connectivity index (χ1n) is 14.1. The zero-order chi connectivity index (χ0) is 27.4. The van der Waals surface area contributed by atoms with Gasteiger partial charge in [0.05, 0.1) is 5.56 Å². The molecule has 0 bridgehead atoms. The third-order valence-electron chi connectivity index (χ3n) is 6.90. The molecule has 3 aromatic rings. The first kappa shape index (κ1) is 29.8. The average Bonchev–Trinajstić information content (AvgIpc) is 2.87. The lowest BCUT2D eigenvalue weighted by molar-refractivity contribution is -0.274. The van der Waals surface area contributed by atoms with E-state index in [1.807, 2.05) is 18.2 Å². The highest BCUT2D eigenvalue weighted by atomic mass is 19.4. The van der Waals surface area contributed by atoms with Gasteiger partial charge in [0.2, 0.25) is 0 Å². The number of rotatable bonds is 16. The molecule has 0 spiro atoms. The van der Waals surface area contributed by atoms with Crippen molar-refractivity contribution in [1.29, 1.82) is 0 Å². The highest BCUT2D eigenvalue weighted by Crippen LogP contribution is 2.35. The lowest BCUT2D eigenvalue weighted by Gasteiger charge is -2.15. The number of alkyl halides is 3. The Bertz CT molecular complexity index is 1200. The maximum atomic E-state index is 13.2. The number of halogens is 3. The van der Waals surface area contributed by atoms with Crippen LogP contribution in [0.15, 0.2) is 51.7 Å². The molecule has 0 aliphatic rings. The van der Waals surface area contributed by atoms with Crippen molar-refractivity contribution in [2.24, 2.45) is 0 Å². The van der Waals surface area contributed by atoms with Gasteiger partial charge in [0.1, 0.15) is 11.3 Å². The molecule has 0 unspecified atom stereocenters. The topological polar surface area (TPSA) is 39.4 Å². The largest absolute Gasteiger partial charge is 0.573 e.